The first kappa shape index (κ1) is 28.3. The van der Waals surface area contributed by atoms with Gasteiger partial charge in [-0.3, -0.25) is 9.80 Å². The van der Waals surface area contributed by atoms with E-state index in [9.17, 15) is 4.79 Å². The molecule has 11 heteroatoms. The number of nitrogens with zero attached hydrogens (tertiary/aromatic N) is 5. The van der Waals surface area contributed by atoms with Crippen molar-refractivity contribution in [3.05, 3.63) is 53.5 Å². The van der Waals surface area contributed by atoms with Crippen LogP contribution in [0.15, 0.2) is 47.9 Å². The van der Waals surface area contributed by atoms with Gasteiger partial charge in [0.05, 0.1) is 49.3 Å². The maximum Gasteiger partial charge on any atom is 0.324 e. The van der Waals surface area contributed by atoms with Crippen LogP contribution in [-0.2, 0) is 24.4 Å². The lowest BCUT2D eigenvalue weighted by Gasteiger charge is -2.38. The van der Waals surface area contributed by atoms with Gasteiger partial charge in [-0.05, 0) is 36.6 Å². The topological polar surface area (TPSA) is 118 Å². The molecule has 2 unspecified atom stereocenters. The normalized spacial score (nSPS) is 22.9. The minimum Gasteiger partial charge on any atom is -0.465 e. The number of anilines is 3. The molecule has 3 N–H and O–H groups in total. The number of aromatic nitrogens is 2. The van der Waals surface area contributed by atoms with Crippen LogP contribution in [0.4, 0.5) is 17.3 Å². The summed E-state index contributed by atoms with van der Waals surface area (Å²) in [6.45, 7) is 10.7. The van der Waals surface area contributed by atoms with Crippen molar-refractivity contribution in [3.63, 3.8) is 0 Å². The van der Waals surface area contributed by atoms with Crippen LogP contribution >= 0.6 is 0 Å². The predicted molar refractivity (Wildman–Crippen MR) is 154 cm³/mol. The molecule has 11 nitrogen and oxygen atoms in total. The number of hydrogen-bond donors (Lipinski definition) is 2. The van der Waals surface area contributed by atoms with E-state index in [2.05, 4.69) is 63.4 Å². The summed E-state index contributed by atoms with van der Waals surface area (Å²) in [5.41, 5.74) is 14.6. The number of rotatable bonds is 11. The predicted octanol–water partition coefficient (Wildman–Crippen LogP) is 1.84. The number of benzene rings is 1. The molecule has 216 valence electrons. The van der Waals surface area contributed by atoms with Gasteiger partial charge < -0.3 is 29.7 Å². The molecule has 1 fully saturated rings. The fourth-order valence-electron chi connectivity index (χ4n) is 5.84. The molecular formula is C29H41N7O4. The molecular weight excluding hydrogens is 510 g/mol. The summed E-state index contributed by atoms with van der Waals surface area (Å²) in [7, 11) is 3.59. The summed E-state index contributed by atoms with van der Waals surface area (Å²) in [4.78, 5) is 26.8. The summed E-state index contributed by atoms with van der Waals surface area (Å²) in [6.07, 6.45) is 3.59. The fourth-order valence-corrected chi connectivity index (χ4v) is 5.84. The second kappa shape index (κ2) is 11.7. The van der Waals surface area contributed by atoms with Gasteiger partial charge in [0.25, 0.3) is 0 Å². The molecule has 0 bridgehead atoms. The first-order valence-electron chi connectivity index (χ1n) is 14.0. The van der Waals surface area contributed by atoms with Crippen molar-refractivity contribution in [1.82, 2.24) is 15.4 Å². The maximum absolute atomic E-state index is 13.2. The van der Waals surface area contributed by atoms with Gasteiger partial charge in [-0.15, -0.1) is 0 Å². The molecule has 0 radical (unpaired) electrons. The van der Waals surface area contributed by atoms with E-state index in [1.54, 1.807) is 26.4 Å². The monoisotopic (exact) mass is 551 g/mol. The Balaban J connectivity index is 1.53. The lowest BCUT2D eigenvalue weighted by Crippen LogP contribution is -2.55. The SMILES string of the molecule is CCOC(=O)C(N)[C@@]1(c2cnc(N(C)CCOC)nc2)C2=C1N(c1cccc(N3CCOCC3)c1)NC2C(C)C. The Morgan fingerprint density at radius 1 is 1.25 bits per heavy atom. The number of esters is 1. The molecule has 1 saturated heterocycles. The maximum atomic E-state index is 13.2. The molecule has 3 heterocycles. The summed E-state index contributed by atoms with van der Waals surface area (Å²) in [5.74, 6) is 0.381. The van der Waals surface area contributed by atoms with Crippen LogP contribution in [0, 0.1) is 5.92 Å². The number of carbonyl (C=O) groups is 1. The summed E-state index contributed by atoms with van der Waals surface area (Å²) in [5, 5.41) is 2.10. The van der Waals surface area contributed by atoms with Crippen LogP contribution in [0.25, 0.3) is 0 Å². The Labute approximate surface area is 236 Å². The first-order chi connectivity index (χ1) is 19.3. The lowest BCUT2D eigenvalue weighted by molar-refractivity contribution is -0.145. The van der Waals surface area contributed by atoms with Gasteiger partial charge >= 0.3 is 5.97 Å². The van der Waals surface area contributed by atoms with E-state index in [1.165, 1.54) is 0 Å². The number of carbonyl (C=O) groups excluding carboxylic acids is 1. The smallest absolute Gasteiger partial charge is 0.324 e. The van der Waals surface area contributed by atoms with Crippen molar-refractivity contribution < 1.29 is 19.0 Å². The minimum atomic E-state index is -0.939. The lowest BCUT2D eigenvalue weighted by atomic mass is 9.79. The van der Waals surface area contributed by atoms with Gasteiger partial charge in [0.15, 0.2) is 0 Å². The highest BCUT2D eigenvalue weighted by Crippen LogP contribution is 2.63. The fraction of sp³-hybridized carbons (Fsp3) is 0.552. The summed E-state index contributed by atoms with van der Waals surface area (Å²) < 4.78 is 16.2. The first-order valence-corrected chi connectivity index (χ1v) is 14.0. The standard InChI is InChI=1S/C29H41N7O4/c1-6-40-27(37)25(30)29(20-17-31-28(32-18-20)34(4)10-13-38-5)23-24(19(2)3)33-36(26(23)29)22-9-7-8-21(16-22)35-11-14-39-15-12-35/h7-9,16-19,24-25,33H,6,10-15,30H2,1-5H3/t24?,25?,29-/m1/s1. The van der Waals surface area contributed by atoms with Gasteiger partial charge in [0.2, 0.25) is 5.95 Å². The van der Waals surface area contributed by atoms with Gasteiger partial charge in [0.1, 0.15) is 6.04 Å². The van der Waals surface area contributed by atoms with Crippen LogP contribution in [0.3, 0.4) is 0 Å². The third kappa shape index (κ3) is 4.91. The Kier molecular flexibility index (Phi) is 8.27. The molecule has 5 rings (SSSR count). The summed E-state index contributed by atoms with van der Waals surface area (Å²) >= 11 is 0. The molecule has 3 aliphatic rings. The number of nitrogens with two attached hydrogens (primary N) is 1. The molecule has 3 atom stereocenters. The van der Waals surface area contributed by atoms with Crippen molar-refractivity contribution in [2.75, 3.05) is 75.0 Å². The van der Waals surface area contributed by atoms with E-state index >= 15 is 0 Å². The molecule has 0 saturated carbocycles. The molecule has 0 amide bonds. The van der Waals surface area contributed by atoms with E-state index < -0.39 is 17.4 Å². The molecule has 1 aliphatic carbocycles. The molecule has 1 aromatic carbocycles. The minimum absolute atomic E-state index is 0.0217. The van der Waals surface area contributed by atoms with Gasteiger partial charge in [-0.2, -0.15) is 0 Å². The average Bonchev–Trinajstić information content (AvgIpc) is 3.48. The van der Waals surface area contributed by atoms with Crippen molar-refractivity contribution in [1.29, 1.82) is 0 Å². The van der Waals surface area contributed by atoms with E-state index in [1.807, 2.05) is 11.9 Å². The Morgan fingerprint density at radius 2 is 1.95 bits per heavy atom. The number of hydrogen-bond acceptors (Lipinski definition) is 11. The van der Waals surface area contributed by atoms with E-state index in [0.29, 0.717) is 32.3 Å². The molecule has 2 aromatic rings. The van der Waals surface area contributed by atoms with Gasteiger partial charge in [0, 0.05) is 57.4 Å². The zero-order valence-electron chi connectivity index (χ0n) is 24.1. The highest BCUT2D eigenvalue weighted by atomic mass is 16.5. The summed E-state index contributed by atoms with van der Waals surface area (Å²) in [6, 6.07) is 7.48. The zero-order valence-corrected chi connectivity index (χ0v) is 24.1. The number of likely N-dealkylation sites (N-methyl/N-ethyl adjacent to an activating group) is 1. The number of morpholine rings is 1. The third-order valence-corrected chi connectivity index (χ3v) is 8.00. The van der Waals surface area contributed by atoms with E-state index in [-0.39, 0.29) is 18.6 Å². The third-order valence-electron chi connectivity index (χ3n) is 8.00. The molecule has 2 aliphatic heterocycles. The highest BCUT2D eigenvalue weighted by molar-refractivity contribution is 5.88. The average molecular weight is 552 g/mol. The van der Waals surface area contributed by atoms with Crippen molar-refractivity contribution in [2.24, 2.45) is 11.7 Å². The highest BCUT2D eigenvalue weighted by Gasteiger charge is 2.69. The second-order valence-electron chi connectivity index (χ2n) is 10.8. The zero-order chi connectivity index (χ0) is 28.4. The Morgan fingerprint density at radius 3 is 2.60 bits per heavy atom. The van der Waals surface area contributed by atoms with Crippen LogP contribution in [-0.4, -0.2) is 88.2 Å². The van der Waals surface area contributed by atoms with Gasteiger partial charge in [-0.25, -0.2) is 15.4 Å². The van der Waals surface area contributed by atoms with Crippen LogP contribution in [0.5, 0.6) is 0 Å². The van der Waals surface area contributed by atoms with Gasteiger partial charge in [-0.1, -0.05) is 19.9 Å². The van der Waals surface area contributed by atoms with Crippen molar-refractivity contribution in [2.45, 2.75) is 38.3 Å². The van der Waals surface area contributed by atoms with E-state index in [0.717, 1.165) is 41.3 Å². The number of ether oxygens (including phenoxy) is 3. The molecule has 0 spiro atoms. The number of methoxy groups -OCH3 is 1. The Hall–Kier alpha value is -3.25. The molecule has 40 heavy (non-hydrogen) atoms. The van der Waals surface area contributed by atoms with E-state index in [4.69, 9.17) is 19.9 Å². The van der Waals surface area contributed by atoms with Crippen LogP contribution < -0.4 is 26.0 Å². The quantitative estimate of drug-likeness (QED) is 0.398. The van der Waals surface area contributed by atoms with Crippen LogP contribution in [0.2, 0.25) is 0 Å². The molecule has 1 aromatic heterocycles. The van der Waals surface area contributed by atoms with Crippen LogP contribution in [0.1, 0.15) is 26.3 Å². The second-order valence-corrected chi connectivity index (χ2v) is 10.8. The largest absolute Gasteiger partial charge is 0.465 e. The van der Waals surface area contributed by atoms with Crippen molar-refractivity contribution >= 4 is 23.3 Å². The number of hydrazine groups is 1. The Bertz CT molecular complexity index is 1230. The number of nitrogens with one attached hydrogen (secondary N) is 1. The van der Waals surface area contributed by atoms with Crippen molar-refractivity contribution in [3.8, 4) is 0 Å².